The van der Waals surface area contributed by atoms with Crippen molar-refractivity contribution in [2.24, 2.45) is 5.16 Å². The van der Waals surface area contributed by atoms with Gasteiger partial charge < -0.3 is 9.57 Å². The molecule has 16 heavy (non-hydrogen) atoms. The molecule has 0 aromatic heterocycles. The predicted octanol–water partition coefficient (Wildman–Crippen LogP) is 2.10. The summed E-state index contributed by atoms with van der Waals surface area (Å²) in [5.74, 6) is -0.245. The quantitative estimate of drug-likeness (QED) is 0.405. The van der Waals surface area contributed by atoms with Crippen molar-refractivity contribution in [1.29, 1.82) is 0 Å². The first kappa shape index (κ1) is 20.4. The second-order valence-corrected chi connectivity index (χ2v) is 3.60. The van der Waals surface area contributed by atoms with E-state index in [0.29, 0.717) is 0 Å². The van der Waals surface area contributed by atoms with Crippen molar-refractivity contribution in [3.63, 3.8) is 0 Å². The number of hydrogen-bond acceptors (Lipinski definition) is 6. The lowest BCUT2D eigenvalue weighted by molar-refractivity contribution is -0.137. The van der Waals surface area contributed by atoms with E-state index < -0.39 is 0 Å². The standard InChI is InChI=1S/C4H9NO.C3H6O2.C3H6OS/c1-4(2)5-6-3;2*1-3(4)5-2/h1-3H3;2*1-2H3. The van der Waals surface area contributed by atoms with E-state index in [-0.39, 0.29) is 11.1 Å². The molecule has 0 amide bonds. The van der Waals surface area contributed by atoms with Crippen molar-refractivity contribution >= 4 is 28.6 Å². The van der Waals surface area contributed by atoms with Crippen LogP contribution in [-0.4, -0.2) is 37.3 Å². The molecule has 0 fully saturated rings. The summed E-state index contributed by atoms with van der Waals surface area (Å²) in [7, 11) is 2.88. The van der Waals surface area contributed by atoms with E-state index in [1.54, 1.807) is 13.2 Å². The Balaban J connectivity index is -0.000000160. The Bertz CT molecular complexity index is 199. The van der Waals surface area contributed by atoms with Gasteiger partial charge in [-0.05, 0) is 20.1 Å². The van der Waals surface area contributed by atoms with Gasteiger partial charge in [0.15, 0.2) is 5.12 Å². The molecule has 0 radical (unpaired) electrons. The van der Waals surface area contributed by atoms with Gasteiger partial charge in [0.25, 0.3) is 0 Å². The molecule has 96 valence electrons. The molecule has 0 saturated heterocycles. The number of esters is 1. The molecule has 0 heterocycles. The number of ether oxygens (including phenoxy) is 1. The summed E-state index contributed by atoms with van der Waals surface area (Å²) in [5.41, 5.74) is 0.942. The fourth-order valence-electron chi connectivity index (χ4n) is 0.183. The van der Waals surface area contributed by atoms with Crippen molar-refractivity contribution in [2.75, 3.05) is 20.5 Å². The van der Waals surface area contributed by atoms with E-state index in [2.05, 4.69) is 14.7 Å². The van der Waals surface area contributed by atoms with E-state index in [1.165, 1.54) is 32.9 Å². The average Bonchev–Trinajstić information content (AvgIpc) is 2.19. The second kappa shape index (κ2) is 16.4. The van der Waals surface area contributed by atoms with E-state index in [9.17, 15) is 9.59 Å². The van der Waals surface area contributed by atoms with E-state index >= 15 is 0 Å². The molecule has 0 N–H and O–H groups in total. The molecule has 0 rings (SSSR count). The van der Waals surface area contributed by atoms with Crippen molar-refractivity contribution < 1.29 is 19.2 Å². The van der Waals surface area contributed by atoms with Crippen molar-refractivity contribution in [3.05, 3.63) is 0 Å². The zero-order valence-corrected chi connectivity index (χ0v) is 11.8. The van der Waals surface area contributed by atoms with Gasteiger partial charge in [-0.2, -0.15) is 0 Å². The lowest BCUT2D eigenvalue weighted by Gasteiger charge is -1.83. The summed E-state index contributed by atoms with van der Waals surface area (Å²) in [6, 6.07) is 0. The van der Waals surface area contributed by atoms with Gasteiger partial charge in [-0.3, -0.25) is 9.59 Å². The average molecular weight is 251 g/mol. The zero-order chi connectivity index (χ0) is 13.6. The summed E-state index contributed by atoms with van der Waals surface area (Å²) in [6.07, 6.45) is 1.77. The molecule has 5 nitrogen and oxygen atoms in total. The number of thioether (sulfide) groups is 1. The Morgan fingerprint density at radius 3 is 1.38 bits per heavy atom. The molecular weight excluding hydrogens is 230 g/mol. The Morgan fingerprint density at radius 1 is 1.06 bits per heavy atom. The van der Waals surface area contributed by atoms with Crippen LogP contribution in [0.1, 0.15) is 27.7 Å². The van der Waals surface area contributed by atoms with Gasteiger partial charge in [0.05, 0.1) is 12.8 Å². The van der Waals surface area contributed by atoms with Crippen LogP contribution < -0.4 is 0 Å². The second-order valence-electron chi connectivity index (χ2n) is 2.61. The number of carbonyl (C=O) groups excluding carboxylic acids is 2. The minimum atomic E-state index is -0.245. The largest absolute Gasteiger partial charge is 0.469 e. The maximum absolute atomic E-state index is 9.78. The molecule has 0 aliphatic rings. The van der Waals surface area contributed by atoms with Crippen LogP contribution in [0.15, 0.2) is 5.16 Å². The fraction of sp³-hybridized carbons (Fsp3) is 0.700. The van der Waals surface area contributed by atoms with Crippen LogP contribution >= 0.6 is 11.8 Å². The summed E-state index contributed by atoms with van der Waals surface area (Å²) >= 11 is 1.24. The third-order valence-electron chi connectivity index (χ3n) is 0.849. The third-order valence-corrected chi connectivity index (χ3v) is 1.42. The highest BCUT2D eigenvalue weighted by atomic mass is 32.2. The molecule has 0 aromatic rings. The number of rotatable bonds is 1. The Hall–Kier alpha value is -1.04. The molecular formula is C10H21NO4S. The number of oxime groups is 1. The topological polar surface area (TPSA) is 65.0 Å². The summed E-state index contributed by atoms with van der Waals surface area (Å²) < 4.78 is 4.11. The molecule has 0 aromatic carbocycles. The summed E-state index contributed by atoms with van der Waals surface area (Å²) in [4.78, 5) is 23.8. The number of nitrogens with zero attached hydrogens (tertiary/aromatic N) is 1. The van der Waals surface area contributed by atoms with Crippen molar-refractivity contribution in [3.8, 4) is 0 Å². The molecule has 6 heteroatoms. The van der Waals surface area contributed by atoms with E-state index in [1.807, 2.05) is 13.8 Å². The molecule has 0 aliphatic heterocycles. The van der Waals surface area contributed by atoms with E-state index in [4.69, 9.17) is 0 Å². The fourth-order valence-corrected chi connectivity index (χ4v) is 0.183. The minimum Gasteiger partial charge on any atom is -0.469 e. The van der Waals surface area contributed by atoms with E-state index in [0.717, 1.165) is 5.71 Å². The molecule has 0 atom stereocenters. The zero-order valence-electron chi connectivity index (χ0n) is 11.0. The Kier molecular flexibility index (Phi) is 20.9. The monoisotopic (exact) mass is 251 g/mol. The Labute approximate surface area is 102 Å². The highest BCUT2D eigenvalue weighted by molar-refractivity contribution is 8.12. The van der Waals surface area contributed by atoms with Crippen molar-refractivity contribution in [2.45, 2.75) is 27.7 Å². The van der Waals surface area contributed by atoms with Crippen LogP contribution in [-0.2, 0) is 19.2 Å². The first-order valence-electron chi connectivity index (χ1n) is 4.45. The number of hydrogen-bond donors (Lipinski definition) is 0. The van der Waals surface area contributed by atoms with Crippen LogP contribution in [0.3, 0.4) is 0 Å². The van der Waals surface area contributed by atoms with Crippen LogP contribution in [0.25, 0.3) is 0 Å². The maximum Gasteiger partial charge on any atom is 0.302 e. The SMILES string of the molecule is COC(C)=O.CON=C(C)C.CSC(C)=O. The van der Waals surface area contributed by atoms with Gasteiger partial charge in [-0.1, -0.05) is 16.9 Å². The predicted molar refractivity (Wildman–Crippen MR) is 67.7 cm³/mol. The first-order chi connectivity index (χ1) is 7.31. The van der Waals surface area contributed by atoms with Gasteiger partial charge in [0.2, 0.25) is 0 Å². The van der Waals surface area contributed by atoms with Crippen LogP contribution in [0.5, 0.6) is 0 Å². The molecule has 0 spiro atoms. The highest BCUT2D eigenvalue weighted by Crippen LogP contribution is 1.88. The third kappa shape index (κ3) is 52.2. The maximum atomic E-state index is 9.78. The smallest absolute Gasteiger partial charge is 0.302 e. The number of methoxy groups -OCH3 is 1. The molecule has 0 unspecified atom stereocenters. The van der Waals surface area contributed by atoms with Crippen LogP contribution in [0.2, 0.25) is 0 Å². The summed E-state index contributed by atoms with van der Waals surface area (Å²) in [5, 5.41) is 3.71. The van der Waals surface area contributed by atoms with Gasteiger partial charge in [0, 0.05) is 13.8 Å². The van der Waals surface area contributed by atoms with Crippen LogP contribution in [0.4, 0.5) is 0 Å². The first-order valence-corrected chi connectivity index (χ1v) is 5.67. The lowest BCUT2D eigenvalue weighted by Crippen LogP contribution is -1.88. The molecule has 0 bridgehead atoms. The normalized spacial score (nSPS) is 7.19. The minimum absolute atomic E-state index is 0.171. The van der Waals surface area contributed by atoms with Gasteiger partial charge >= 0.3 is 5.97 Å². The number of carbonyl (C=O) groups is 2. The van der Waals surface area contributed by atoms with Gasteiger partial charge in [-0.15, -0.1) is 0 Å². The van der Waals surface area contributed by atoms with Gasteiger partial charge in [-0.25, -0.2) is 0 Å². The lowest BCUT2D eigenvalue weighted by atomic mass is 10.5. The molecule has 0 aliphatic carbocycles. The van der Waals surface area contributed by atoms with Crippen LogP contribution in [0, 0.1) is 0 Å². The van der Waals surface area contributed by atoms with Gasteiger partial charge in [0.1, 0.15) is 7.11 Å². The Morgan fingerprint density at radius 2 is 1.38 bits per heavy atom. The summed E-state index contributed by atoms with van der Waals surface area (Å²) in [6.45, 7) is 6.66. The van der Waals surface area contributed by atoms with Crippen molar-refractivity contribution in [1.82, 2.24) is 0 Å². The molecule has 0 saturated carbocycles. The highest BCUT2D eigenvalue weighted by Gasteiger charge is 1.77.